The third-order valence-electron chi connectivity index (χ3n) is 2.76. The monoisotopic (exact) mass is 286 g/mol. The van der Waals surface area contributed by atoms with Crippen LogP contribution < -0.4 is 10.0 Å². The molecule has 0 aliphatic heterocycles. The molecule has 1 atom stereocenters. The van der Waals surface area contributed by atoms with E-state index in [1.165, 1.54) is 19.2 Å². The maximum Gasteiger partial charge on any atom is 0.320 e. The van der Waals surface area contributed by atoms with Crippen molar-refractivity contribution in [1.29, 1.82) is 0 Å². The van der Waals surface area contributed by atoms with Crippen LogP contribution in [-0.4, -0.2) is 35.1 Å². The Bertz CT molecular complexity index is 525. The smallest absolute Gasteiger partial charge is 0.320 e. The zero-order chi connectivity index (χ0) is 14.5. The highest BCUT2D eigenvalue weighted by Crippen LogP contribution is 2.15. The molecule has 0 fully saturated rings. The molecule has 2 N–H and O–H groups in total. The third kappa shape index (κ3) is 4.30. The van der Waals surface area contributed by atoms with Gasteiger partial charge in [0, 0.05) is 6.04 Å². The number of sulfonamides is 1. The molecule has 0 radical (unpaired) electrons. The van der Waals surface area contributed by atoms with Gasteiger partial charge in [0.15, 0.2) is 0 Å². The molecule has 0 aromatic heterocycles. The predicted octanol–water partition coefficient (Wildman–Crippen LogP) is 0.418. The van der Waals surface area contributed by atoms with E-state index in [-0.39, 0.29) is 17.5 Å². The zero-order valence-corrected chi connectivity index (χ0v) is 12.0. The van der Waals surface area contributed by atoms with Crippen LogP contribution >= 0.6 is 0 Å². The number of carbonyl (C=O) groups is 1. The Kier molecular flexibility index (Phi) is 5.46. The summed E-state index contributed by atoms with van der Waals surface area (Å²) in [6, 6.07) is 6.60. The molecule has 1 unspecified atom stereocenters. The van der Waals surface area contributed by atoms with Gasteiger partial charge in [0.25, 0.3) is 0 Å². The highest BCUT2D eigenvalue weighted by molar-refractivity contribution is 7.89. The summed E-state index contributed by atoms with van der Waals surface area (Å²) < 4.78 is 30.3. The van der Waals surface area contributed by atoms with Crippen molar-refractivity contribution in [2.45, 2.75) is 17.9 Å². The lowest BCUT2D eigenvalue weighted by Crippen LogP contribution is -2.30. The van der Waals surface area contributed by atoms with E-state index in [0.717, 1.165) is 5.56 Å². The fourth-order valence-electron chi connectivity index (χ4n) is 1.41. The van der Waals surface area contributed by atoms with Crippen LogP contribution in [0.15, 0.2) is 29.2 Å². The van der Waals surface area contributed by atoms with Gasteiger partial charge in [-0.2, -0.15) is 4.72 Å². The van der Waals surface area contributed by atoms with Crippen LogP contribution in [0.4, 0.5) is 0 Å². The first kappa shape index (κ1) is 15.6. The van der Waals surface area contributed by atoms with Crippen LogP contribution in [0.1, 0.15) is 18.5 Å². The second-order valence-electron chi connectivity index (χ2n) is 3.98. The number of carbonyl (C=O) groups excluding carboxylic acids is 1. The molecule has 6 nitrogen and oxygen atoms in total. The second-order valence-corrected chi connectivity index (χ2v) is 5.75. The summed E-state index contributed by atoms with van der Waals surface area (Å²) in [5.41, 5.74) is 0.981. The molecule has 106 valence electrons. The number of esters is 1. The number of hydrogen-bond acceptors (Lipinski definition) is 5. The Balaban J connectivity index is 2.82. The molecule has 0 heterocycles. The summed E-state index contributed by atoms with van der Waals surface area (Å²) in [6.07, 6.45) is 0. The third-order valence-corrected chi connectivity index (χ3v) is 4.17. The number of benzene rings is 1. The molecule has 0 saturated heterocycles. The molecule has 19 heavy (non-hydrogen) atoms. The Morgan fingerprint density at radius 1 is 1.32 bits per heavy atom. The van der Waals surface area contributed by atoms with Crippen molar-refractivity contribution in [1.82, 2.24) is 10.0 Å². The summed E-state index contributed by atoms with van der Waals surface area (Å²) in [7, 11) is -0.660. The van der Waals surface area contributed by atoms with Gasteiger partial charge in [-0.1, -0.05) is 12.1 Å². The van der Waals surface area contributed by atoms with Crippen molar-refractivity contribution in [3.63, 3.8) is 0 Å². The number of rotatable bonds is 6. The fraction of sp³-hybridized carbons (Fsp3) is 0.417. The van der Waals surface area contributed by atoms with Gasteiger partial charge in [-0.05, 0) is 31.7 Å². The minimum Gasteiger partial charge on any atom is -0.468 e. The summed E-state index contributed by atoms with van der Waals surface area (Å²) in [5.74, 6) is -0.635. The lowest BCUT2D eigenvalue weighted by Gasteiger charge is -2.11. The van der Waals surface area contributed by atoms with Crippen molar-refractivity contribution in [2.24, 2.45) is 0 Å². The molecule has 0 aliphatic carbocycles. The standard InChI is InChI=1S/C12H18N2O4S/c1-9(13-2)10-4-6-11(7-5-10)19(16,17)14-8-12(15)18-3/h4-7,9,13-14H,8H2,1-3H3. The first-order valence-corrected chi connectivity index (χ1v) is 7.22. The lowest BCUT2D eigenvalue weighted by molar-refractivity contribution is -0.139. The van der Waals surface area contributed by atoms with Crippen LogP contribution in [0.25, 0.3) is 0 Å². The van der Waals surface area contributed by atoms with E-state index in [2.05, 4.69) is 14.8 Å². The molecule has 0 amide bonds. The molecular weight excluding hydrogens is 268 g/mol. The van der Waals surface area contributed by atoms with Crippen molar-refractivity contribution in [2.75, 3.05) is 20.7 Å². The Labute approximate surface area is 113 Å². The summed E-state index contributed by atoms with van der Waals surface area (Å²) in [6.45, 7) is 1.59. The highest BCUT2D eigenvalue weighted by Gasteiger charge is 2.15. The summed E-state index contributed by atoms with van der Waals surface area (Å²) in [5, 5.41) is 3.06. The van der Waals surface area contributed by atoms with E-state index in [0.29, 0.717) is 0 Å². The molecule has 1 aromatic carbocycles. The molecule has 1 aromatic rings. The number of nitrogens with one attached hydrogen (secondary N) is 2. The zero-order valence-electron chi connectivity index (χ0n) is 11.1. The van der Waals surface area contributed by atoms with Crippen molar-refractivity contribution in [3.8, 4) is 0 Å². The van der Waals surface area contributed by atoms with E-state index in [9.17, 15) is 13.2 Å². The average Bonchev–Trinajstić information content (AvgIpc) is 2.44. The van der Waals surface area contributed by atoms with Crippen molar-refractivity contribution in [3.05, 3.63) is 29.8 Å². The Hall–Kier alpha value is -1.44. The molecule has 0 spiro atoms. The minimum atomic E-state index is -3.69. The van der Waals surface area contributed by atoms with Gasteiger partial charge < -0.3 is 10.1 Å². The molecule has 0 bridgehead atoms. The van der Waals surface area contributed by atoms with E-state index in [4.69, 9.17) is 0 Å². The minimum absolute atomic E-state index is 0.114. The van der Waals surface area contributed by atoms with Crippen LogP contribution in [0, 0.1) is 0 Å². The first-order chi connectivity index (χ1) is 8.90. The largest absolute Gasteiger partial charge is 0.468 e. The van der Waals surface area contributed by atoms with Crippen LogP contribution in [0.3, 0.4) is 0 Å². The molecule has 7 heteroatoms. The van der Waals surface area contributed by atoms with Gasteiger partial charge in [-0.15, -0.1) is 0 Å². The van der Waals surface area contributed by atoms with Gasteiger partial charge in [0.05, 0.1) is 12.0 Å². The van der Waals surface area contributed by atoms with E-state index in [1.807, 2.05) is 14.0 Å². The molecule has 1 rings (SSSR count). The average molecular weight is 286 g/mol. The number of methoxy groups -OCH3 is 1. The fourth-order valence-corrected chi connectivity index (χ4v) is 2.38. The SMILES string of the molecule is CNC(C)c1ccc(S(=O)(=O)NCC(=O)OC)cc1. The second kappa shape index (κ2) is 6.65. The predicted molar refractivity (Wildman–Crippen MR) is 71.1 cm³/mol. The Morgan fingerprint density at radius 3 is 2.37 bits per heavy atom. The maximum absolute atomic E-state index is 11.9. The molecule has 0 aliphatic rings. The molecular formula is C12H18N2O4S. The number of hydrogen-bond donors (Lipinski definition) is 2. The van der Waals surface area contributed by atoms with E-state index < -0.39 is 16.0 Å². The first-order valence-electron chi connectivity index (χ1n) is 5.74. The highest BCUT2D eigenvalue weighted by atomic mass is 32.2. The topological polar surface area (TPSA) is 84.5 Å². The summed E-state index contributed by atoms with van der Waals surface area (Å²) in [4.78, 5) is 11.0. The number of ether oxygens (including phenoxy) is 1. The maximum atomic E-state index is 11.9. The van der Waals surface area contributed by atoms with E-state index >= 15 is 0 Å². The van der Waals surface area contributed by atoms with Gasteiger partial charge in [-0.25, -0.2) is 8.42 Å². The van der Waals surface area contributed by atoms with Gasteiger partial charge in [0.1, 0.15) is 6.54 Å². The molecule has 0 saturated carbocycles. The van der Waals surface area contributed by atoms with Crippen molar-refractivity contribution < 1.29 is 17.9 Å². The van der Waals surface area contributed by atoms with Crippen LogP contribution in [0.2, 0.25) is 0 Å². The van der Waals surface area contributed by atoms with Crippen molar-refractivity contribution >= 4 is 16.0 Å². The van der Waals surface area contributed by atoms with Gasteiger partial charge in [0.2, 0.25) is 10.0 Å². The quantitative estimate of drug-likeness (QED) is 0.740. The van der Waals surface area contributed by atoms with Gasteiger partial charge >= 0.3 is 5.97 Å². The van der Waals surface area contributed by atoms with Gasteiger partial charge in [-0.3, -0.25) is 4.79 Å². The summed E-state index contributed by atoms with van der Waals surface area (Å²) >= 11 is 0. The van der Waals surface area contributed by atoms with Crippen LogP contribution in [0.5, 0.6) is 0 Å². The van der Waals surface area contributed by atoms with E-state index in [1.54, 1.807) is 12.1 Å². The van der Waals surface area contributed by atoms with Crippen LogP contribution in [-0.2, 0) is 19.6 Å². The normalized spacial score (nSPS) is 13.0. The Morgan fingerprint density at radius 2 is 1.89 bits per heavy atom. The lowest BCUT2D eigenvalue weighted by atomic mass is 10.1.